The maximum atomic E-state index is 11.6. The zero-order valence-corrected chi connectivity index (χ0v) is 21.5. The van der Waals surface area contributed by atoms with Crippen LogP contribution in [0.15, 0.2) is 102 Å². The van der Waals surface area contributed by atoms with Gasteiger partial charge in [-0.25, -0.2) is 15.0 Å². The predicted octanol–water partition coefficient (Wildman–Crippen LogP) is 6.88. The van der Waals surface area contributed by atoms with Gasteiger partial charge in [0.25, 0.3) is 5.69 Å². The molecule has 0 saturated carbocycles. The first-order chi connectivity index (χ1) is 19.0. The smallest absolute Gasteiger partial charge is 0.269 e. The molecule has 0 saturated heterocycles. The van der Waals surface area contributed by atoms with Gasteiger partial charge in [-0.2, -0.15) is 5.10 Å². The third kappa shape index (κ3) is 4.68. The maximum Gasteiger partial charge on any atom is 0.269 e. The predicted molar refractivity (Wildman–Crippen MR) is 152 cm³/mol. The Morgan fingerprint density at radius 3 is 2.44 bits per heavy atom. The van der Waals surface area contributed by atoms with Crippen molar-refractivity contribution < 1.29 is 9.66 Å². The highest BCUT2D eigenvalue weighted by molar-refractivity contribution is 6.03. The summed E-state index contributed by atoms with van der Waals surface area (Å²) in [5.74, 6) is 1.19. The second-order valence-electron chi connectivity index (χ2n) is 9.45. The lowest BCUT2D eigenvalue weighted by molar-refractivity contribution is -0.384. The molecule has 0 aliphatic carbocycles. The number of nitro benzene ring substituents is 1. The number of fused-ring (bicyclic) bond motifs is 1. The average Bonchev–Trinajstić information content (AvgIpc) is 3.43. The minimum absolute atomic E-state index is 0.0326. The summed E-state index contributed by atoms with van der Waals surface area (Å²) in [6.45, 7) is 2.05. The first kappa shape index (κ1) is 24.2. The zero-order valence-electron chi connectivity index (χ0n) is 21.5. The highest BCUT2D eigenvalue weighted by Gasteiger charge is 2.33. The van der Waals surface area contributed by atoms with Crippen molar-refractivity contribution in [1.29, 1.82) is 0 Å². The highest BCUT2D eigenvalue weighted by atomic mass is 16.6. The number of non-ortho nitro benzene ring substituents is 1. The Balaban J connectivity index is 1.53. The molecule has 0 unspecified atom stereocenters. The Hall–Kier alpha value is -5.11. The lowest BCUT2D eigenvalue weighted by Gasteiger charge is -2.23. The van der Waals surface area contributed by atoms with Crippen molar-refractivity contribution in [2.45, 2.75) is 19.4 Å². The quantitative estimate of drug-likeness (QED) is 0.181. The summed E-state index contributed by atoms with van der Waals surface area (Å²) in [7, 11) is 1.63. The van der Waals surface area contributed by atoms with Gasteiger partial charge in [-0.15, -0.1) is 0 Å². The van der Waals surface area contributed by atoms with E-state index in [4.69, 9.17) is 19.8 Å². The second kappa shape index (κ2) is 9.98. The van der Waals surface area contributed by atoms with E-state index in [2.05, 4.69) is 6.07 Å². The number of ether oxygens (including phenoxy) is 1. The molecule has 6 rings (SSSR count). The van der Waals surface area contributed by atoms with Crippen molar-refractivity contribution in [1.82, 2.24) is 9.97 Å². The van der Waals surface area contributed by atoms with Gasteiger partial charge >= 0.3 is 0 Å². The lowest BCUT2D eigenvalue weighted by atomic mass is 9.98. The van der Waals surface area contributed by atoms with Gasteiger partial charge in [-0.1, -0.05) is 54.1 Å². The van der Waals surface area contributed by atoms with Crippen LogP contribution in [0, 0.1) is 17.0 Å². The number of hydrogen-bond donors (Lipinski definition) is 0. The van der Waals surface area contributed by atoms with E-state index in [-0.39, 0.29) is 16.7 Å². The molecule has 1 aliphatic heterocycles. The number of aromatic nitrogens is 2. The summed E-state index contributed by atoms with van der Waals surface area (Å²) in [5.41, 5.74) is 6.28. The molecule has 0 radical (unpaired) electrons. The minimum Gasteiger partial charge on any atom is -0.497 e. The number of anilines is 1. The largest absolute Gasteiger partial charge is 0.497 e. The van der Waals surface area contributed by atoms with Crippen LogP contribution in [0.1, 0.15) is 29.2 Å². The van der Waals surface area contributed by atoms with E-state index in [9.17, 15) is 10.1 Å². The molecule has 8 nitrogen and oxygen atoms in total. The summed E-state index contributed by atoms with van der Waals surface area (Å²) >= 11 is 0. The molecule has 5 aromatic rings. The number of hydrogen-bond acceptors (Lipinski definition) is 7. The third-order valence-corrected chi connectivity index (χ3v) is 6.89. The van der Waals surface area contributed by atoms with Crippen LogP contribution < -0.4 is 9.75 Å². The van der Waals surface area contributed by atoms with Crippen LogP contribution in [0.25, 0.3) is 22.2 Å². The van der Waals surface area contributed by atoms with E-state index in [1.54, 1.807) is 24.3 Å². The molecular weight excluding hydrogens is 490 g/mol. The summed E-state index contributed by atoms with van der Waals surface area (Å²) in [6.07, 6.45) is 0.531. The number of nitro groups is 1. The van der Waals surface area contributed by atoms with Gasteiger partial charge in [-0.3, -0.25) is 10.1 Å². The third-order valence-electron chi connectivity index (χ3n) is 6.89. The van der Waals surface area contributed by atoms with Crippen LogP contribution in [0.3, 0.4) is 0 Å². The van der Waals surface area contributed by atoms with Crippen LogP contribution in [0.5, 0.6) is 5.75 Å². The van der Waals surface area contributed by atoms with Gasteiger partial charge < -0.3 is 4.74 Å². The molecule has 0 fully saturated rings. The monoisotopic (exact) mass is 515 g/mol. The molecular formula is C31H25N5O3. The molecule has 192 valence electrons. The van der Waals surface area contributed by atoms with Crippen molar-refractivity contribution in [2.75, 3.05) is 12.1 Å². The van der Waals surface area contributed by atoms with E-state index < -0.39 is 0 Å². The highest BCUT2D eigenvalue weighted by Crippen LogP contribution is 2.38. The number of aryl methyl sites for hydroxylation is 1. The molecule has 1 atom stereocenters. The molecule has 8 heteroatoms. The van der Waals surface area contributed by atoms with Gasteiger partial charge in [0.1, 0.15) is 5.75 Å². The SMILES string of the molecule is COc1ccc(C2=NN(c3nc(-c4ccccc4)c4cc(C)ccc4n3)[C@@H](c3cccc([N+](=O)[O-])c3)C2)cc1. The van der Waals surface area contributed by atoms with E-state index >= 15 is 0 Å². The Kier molecular flexibility index (Phi) is 6.20. The van der Waals surface area contributed by atoms with Crippen LogP contribution >= 0.6 is 0 Å². The van der Waals surface area contributed by atoms with E-state index in [1.165, 1.54) is 6.07 Å². The summed E-state index contributed by atoms with van der Waals surface area (Å²) in [5, 5.41) is 19.3. The first-order valence-electron chi connectivity index (χ1n) is 12.6. The van der Waals surface area contributed by atoms with Crippen LogP contribution in [0.2, 0.25) is 0 Å². The minimum atomic E-state index is -0.379. The molecule has 2 heterocycles. The number of benzene rings is 4. The van der Waals surface area contributed by atoms with Crippen LogP contribution in [-0.2, 0) is 0 Å². The molecule has 39 heavy (non-hydrogen) atoms. The second-order valence-corrected chi connectivity index (χ2v) is 9.45. The van der Waals surface area contributed by atoms with Gasteiger partial charge in [0.15, 0.2) is 0 Å². The number of hydrazone groups is 1. The fraction of sp³-hybridized carbons (Fsp3) is 0.129. The normalized spacial score (nSPS) is 14.9. The van der Waals surface area contributed by atoms with Gasteiger partial charge in [0.2, 0.25) is 5.95 Å². The number of methoxy groups -OCH3 is 1. The average molecular weight is 516 g/mol. The summed E-state index contributed by atoms with van der Waals surface area (Å²) in [6, 6.07) is 30.2. The lowest BCUT2D eigenvalue weighted by Crippen LogP contribution is -2.21. The molecule has 0 spiro atoms. The van der Waals surface area contributed by atoms with Gasteiger partial charge in [0.05, 0.1) is 35.0 Å². The molecule has 1 aromatic heterocycles. The number of rotatable bonds is 6. The summed E-state index contributed by atoms with van der Waals surface area (Å²) in [4.78, 5) is 21.2. The van der Waals surface area contributed by atoms with E-state index in [0.29, 0.717) is 12.4 Å². The Labute approximate surface area is 225 Å². The Morgan fingerprint density at radius 2 is 1.69 bits per heavy atom. The molecule has 4 aromatic carbocycles. The van der Waals surface area contributed by atoms with Crippen LogP contribution in [-0.4, -0.2) is 27.7 Å². The fourth-order valence-electron chi connectivity index (χ4n) is 4.91. The molecule has 0 amide bonds. The van der Waals surface area contributed by atoms with E-state index in [0.717, 1.165) is 50.3 Å². The maximum absolute atomic E-state index is 11.6. The zero-order chi connectivity index (χ0) is 26.9. The Bertz CT molecular complexity index is 1720. The van der Waals surface area contributed by atoms with Crippen LogP contribution in [0.4, 0.5) is 11.6 Å². The van der Waals surface area contributed by atoms with Gasteiger partial charge in [-0.05, 0) is 54.4 Å². The van der Waals surface area contributed by atoms with Crippen molar-refractivity contribution in [3.05, 3.63) is 124 Å². The van der Waals surface area contributed by atoms with Gasteiger partial charge in [0, 0.05) is 29.5 Å². The van der Waals surface area contributed by atoms with E-state index in [1.807, 2.05) is 79.7 Å². The Morgan fingerprint density at radius 1 is 0.897 bits per heavy atom. The molecule has 1 aliphatic rings. The number of nitrogens with zero attached hydrogens (tertiary/aromatic N) is 5. The first-order valence-corrected chi connectivity index (χ1v) is 12.6. The molecule has 0 bridgehead atoms. The van der Waals surface area contributed by atoms with Crippen molar-refractivity contribution in [3.8, 4) is 17.0 Å². The molecule has 0 N–H and O–H groups in total. The summed E-state index contributed by atoms with van der Waals surface area (Å²) < 4.78 is 5.32. The van der Waals surface area contributed by atoms with Crippen molar-refractivity contribution >= 4 is 28.3 Å². The fourth-order valence-corrected chi connectivity index (χ4v) is 4.91. The standard InChI is InChI=1S/C31H25N5O3/c1-20-11-16-27-26(17-20)30(22-7-4-3-5-8-22)33-31(32-27)35-29(23-9-6-10-24(18-23)36(37)38)19-28(34-35)21-12-14-25(39-2)15-13-21/h3-18,29H,19H2,1-2H3/t29-/m1/s1. The van der Waals surface area contributed by atoms with Crippen molar-refractivity contribution in [3.63, 3.8) is 0 Å². The van der Waals surface area contributed by atoms with Crippen molar-refractivity contribution in [2.24, 2.45) is 5.10 Å². The topological polar surface area (TPSA) is 93.8 Å².